The fourth-order valence-electron chi connectivity index (χ4n) is 2.62. The number of aliphatic hydroxyl groups excluding tert-OH is 1. The van der Waals surface area contributed by atoms with E-state index >= 15 is 0 Å². The first-order valence-corrected chi connectivity index (χ1v) is 7.44. The lowest BCUT2D eigenvalue weighted by Crippen LogP contribution is -2.39. The molecule has 1 amide bonds. The fourth-order valence-corrected chi connectivity index (χ4v) is 3.39. The Morgan fingerprint density at radius 3 is 3.00 bits per heavy atom. The van der Waals surface area contributed by atoms with Crippen LogP contribution in [0.4, 0.5) is 5.13 Å². The second-order valence-corrected chi connectivity index (χ2v) is 6.47. The van der Waals surface area contributed by atoms with Gasteiger partial charge in [0, 0.05) is 19.2 Å². The van der Waals surface area contributed by atoms with E-state index in [9.17, 15) is 9.90 Å². The van der Waals surface area contributed by atoms with Crippen LogP contribution in [-0.2, 0) is 0 Å². The highest BCUT2D eigenvalue weighted by Gasteiger charge is 2.29. The molecule has 2 aromatic rings. The fraction of sp³-hybridized carbons (Fsp3) is 0.429. The second-order valence-electron chi connectivity index (χ2n) is 5.41. The van der Waals surface area contributed by atoms with Crippen LogP contribution >= 0.6 is 11.3 Å². The van der Waals surface area contributed by atoms with Crippen LogP contribution in [0, 0.1) is 5.92 Å². The molecule has 3 rings (SSSR count). The van der Waals surface area contributed by atoms with Crippen molar-refractivity contribution in [1.29, 1.82) is 0 Å². The van der Waals surface area contributed by atoms with Crippen LogP contribution in [0.5, 0.6) is 0 Å². The van der Waals surface area contributed by atoms with Gasteiger partial charge in [-0.1, -0.05) is 11.3 Å². The second kappa shape index (κ2) is 5.03. The van der Waals surface area contributed by atoms with E-state index in [0.29, 0.717) is 23.2 Å². The quantitative estimate of drug-likeness (QED) is 0.902. The highest BCUT2D eigenvalue weighted by atomic mass is 32.1. The monoisotopic (exact) mass is 291 g/mol. The van der Waals surface area contributed by atoms with Crippen molar-refractivity contribution in [3.63, 3.8) is 0 Å². The molecule has 3 N–H and O–H groups in total. The lowest BCUT2D eigenvalue weighted by atomic mass is 9.82. The van der Waals surface area contributed by atoms with Crippen LogP contribution in [-0.4, -0.2) is 40.6 Å². The third kappa shape index (κ3) is 2.48. The zero-order valence-corrected chi connectivity index (χ0v) is 12.1. The van der Waals surface area contributed by atoms with E-state index < -0.39 is 0 Å². The van der Waals surface area contributed by atoms with Gasteiger partial charge in [-0.3, -0.25) is 4.79 Å². The molecule has 106 valence electrons. The number of carbonyl (C=O) groups excluding carboxylic acids is 1. The molecule has 0 spiro atoms. The van der Waals surface area contributed by atoms with Crippen LogP contribution in [0.25, 0.3) is 10.2 Å². The van der Waals surface area contributed by atoms with Crippen LogP contribution in [0.1, 0.15) is 23.2 Å². The van der Waals surface area contributed by atoms with E-state index in [2.05, 4.69) is 4.98 Å². The summed E-state index contributed by atoms with van der Waals surface area (Å²) in [7, 11) is 1.80. The number of carbonyl (C=O) groups is 1. The molecule has 1 aromatic carbocycles. The molecule has 1 aliphatic carbocycles. The van der Waals surface area contributed by atoms with Crippen molar-refractivity contribution in [1.82, 2.24) is 9.88 Å². The molecule has 0 saturated heterocycles. The smallest absolute Gasteiger partial charge is 0.253 e. The number of fused-ring (bicyclic) bond motifs is 1. The maximum absolute atomic E-state index is 12.4. The predicted molar refractivity (Wildman–Crippen MR) is 79.7 cm³/mol. The average Bonchev–Trinajstić information content (AvgIpc) is 2.74. The summed E-state index contributed by atoms with van der Waals surface area (Å²) in [5.41, 5.74) is 7.15. The van der Waals surface area contributed by atoms with Crippen LogP contribution < -0.4 is 5.73 Å². The highest BCUT2D eigenvalue weighted by Crippen LogP contribution is 2.28. The summed E-state index contributed by atoms with van der Waals surface area (Å²) < 4.78 is 0.931. The highest BCUT2D eigenvalue weighted by molar-refractivity contribution is 7.22. The minimum absolute atomic E-state index is 0.000242. The van der Waals surface area contributed by atoms with Crippen LogP contribution in [0.15, 0.2) is 18.2 Å². The molecule has 0 unspecified atom stereocenters. The van der Waals surface area contributed by atoms with E-state index in [1.54, 1.807) is 18.0 Å². The summed E-state index contributed by atoms with van der Waals surface area (Å²) in [5.74, 6) is 0.419. The topological polar surface area (TPSA) is 79.5 Å². The van der Waals surface area contributed by atoms with Crippen molar-refractivity contribution in [3.05, 3.63) is 23.8 Å². The van der Waals surface area contributed by atoms with E-state index in [1.807, 2.05) is 12.1 Å². The zero-order valence-electron chi connectivity index (χ0n) is 11.2. The summed E-state index contributed by atoms with van der Waals surface area (Å²) in [5, 5.41) is 9.80. The number of hydrogen-bond donors (Lipinski definition) is 2. The van der Waals surface area contributed by atoms with Gasteiger partial charge in [-0.25, -0.2) is 4.98 Å². The number of rotatable bonds is 3. The molecule has 1 aromatic heterocycles. The Bertz CT molecular complexity index is 649. The molecule has 0 bridgehead atoms. The number of aliphatic hydroxyl groups is 1. The van der Waals surface area contributed by atoms with E-state index in [-0.39, 0.29) is 12.0 Å². The van der Waals surface area contributed by atoms with E-state index in [0.717, 1.165) is 23.1 Å². The van der Waals surface area contributed by atoms with Crippen LogP contribution in [0.3, 0.4) is 0 Å². The summed E-state index contributed by atoms with van der Waals surface area (Å²) in [6.45, 7) is 0.693. The van der Waals surface area contributed by atoms with E-state index in [1.165, 1.54) is 11.3 Å². The Hall–Kier alpha value is -1.66. The SMILES string of the molecule is CN(CC1CC(O)C1)C(=O)c1ccc2nc(N)sc2c1. The maximum atomic E-state index is 12.4. The molecule has 6 heteroatoms. The number of nitrogen functional groups attached to an aromatic ring is 1. The molecule has 1 fully saturated rings. The molecular weight excluding hydrogens is 274 g/mol. The molecule has 1 saturated carbocycles. The normalized spacial score (nSPS) is 21.7. The molecule has 5 nitrogen and oxygen atoms in total. The van der Waals surface area contributed by atoms with Crippen molar-refractivity contribution in [2.24, 2.45) is 5.92 Å². The first-order valence-electron chi connectivity index (χ1n) is 6.62. The molecule has 0 aliphatic heterocycles. The number of hydrogen-bond acceptors (Lipinski definition) is 5. The van der Waals surface area contributed by atoms with Gasteiger partial charge in [0.05, 0.1) is 16.3 Å². The minimum Gasteiger partial charge on any atom is -0.393 e. The standard InChI is InChI=1S/C14H17N3O2S/c1-17(7-8-4-10(18)5-8)13(19)9-2-3-11-12(6-9)20-14(15)16-11/h2-3,6,8,10,18H,4-5,7H2,1H3,(H2,15,16). The molecule has 1 heterocycles. The molecule has 0 atom stereocenters. The van der Waals surface area contributed by atoms with Gasteiger partial charge in [-0.2, -0.15) is 0 Å². The van der Waals surface area contributed by atoms with Gasteiger partial charge in [0.2, 0.25) is 0 Å². The molecule has 0 radical (unpaired) electrons. The maximum Gasteiger partial charge on any atom is 0.253 e. The Morgan fingerprint density at radius 2 is 2.30 bits per heavy atom. The number of thiazole rings is 1. The Morgan fingerprint density at radius 1 is 1.55 bits per heavy atom. The molecule has 1 aliphatic rings. The van der Waals surface area contributed by atoms with Gasteiger partial charge in [0.1, 0.15) is 0 Å². The lowest BCUT2D eigenvalue weighted by Gasteiger charge is -2.34. The largest absolute Gasteiger partial charge is 0.393 e. The first-order chi connectivity index (χ1) is 9.52. The number of anilines is 1. The van der Waals surface area contributed by atoms with Crippen molar-refractivity contribution in [2.45, 2.75) is 18.9 Å². The van der Waals surface area contributed by atoms with Crippen molar-refractivity contribution >= 4 is 32.6 Å². The lowest BCUT2D eigenvalue weighted by molar-refractivity contribution is 0.0265. The number of nitrogens with zero attached hydrogens (tertiary/aromatic N) is 2. The molecular formula is C14H17N3O2S. The van der Waals surface area contributed by atoms with Crippen molar-refractivity contribution < 1.29 is 9.90 Å². The average molecular weight is 291 g/mol. The third-order valence-corrected chi connectivity index (χ3v) is 4.59. The summed E-state index contributed by atoms with van der Waals surface area (Å²) >= 11 is 1.39. The van der Waals surface area contributed by atoms with E-state index in [4.69, 9.17) is 5.73 Å². The van der Waals surface area contributed by atoms with Gasteiger partial charge < -0.3 is 15.7 Å². The first kappa shape index (κ1) is 13.3. The number of nitrogens with two attached hydrogens (primary N) is 1. The number of amides is 1. The zero-order chi connectivity index (χ0) is 14.3. The summed E-state index contributed by atoms with van der Waals surface area (Å²) in [6, 6.07) is 5.46. The minimum atomic E-state index is -0.181. The van der Waals surface area contributed by atoms with Gasteiger partial charge in [-0.15, -0.1) is 0 Å². The Kier molecular flexibility index (Phi) is 3.35. The predicted octanol–water partition coefficient (Wildman–Crippen LogP) is 1.72. The van der Waals surface area contributed by atoms with Gasteiger partial charge in [-0.05, 0) is 37.0 Å². The van der Waals surface area contributed by atoms with Crippen molar-refractivity contribution in [2.75, 3.05) is 19.3 Å². The summed E-state index contributed by atoms with van der Waals surface area (Å²) in [6.07, 6.45) is 1.41. The van der Waals surface area contributed by atoms with Gasteiger partial charge in [0.15, 0.2) is 5.13 Å². The van der Waals surface area contributed by atoms with Crippen LogP contribution in [0.2, 0.25) is 0 Å². The third-order valence-electron chi connectivity index (χ3n) is 3.74. The van der Waals surface area contributed by atoms with Crippen molar-refractivity contribution in [3.8, 4) is 0 Å². The number of aromatic nitrogens is 1. The van der Waals surface area contributed by atoms with Gasteiger partial charge in [0.25, 0.3) is 5.91 Å². The van der Waals surface area contributed by atoms with Gasteiger partial charge >= 0.3 is 0 Å². The number of benzene rings is 1. The Labute approximate surface area is 121 Å². The summed E-state index contributed by atoms with van der Waals surface area (Å²) in [4.78, 5) is 18.3. The Balaban J connectivity index is 1.73. The molecule has 20 heavy (non-hydrogen) atoms.